The van der Waals surface area contributed by atoms with E-state index in [-0.39, 0.29) is 12.0 Å². The van der Waals surface area contributed by atoms with Gasteiger partial charge in [0.2, 0.25) is 0 Å². The van der Waals surface area contributed by atoms with Crippen LogP contribution in [0.5, 0.6) is 0 Å². The summed E-state index contributed by atoms with van der Waals surface area (Å²) >= 11 is 0. The molecule has 0 bridgehead atoms. The third kappa shape index (κ3) is 4.20. The SMILES string of the molecule is CC(NCCC1CCCC1)C(C)C(=O)O. The Hall–Kier alpha value is -0.570. The first-order valence-electron chi connectivity index (χ1n) is 6.07. The predicted molar refractivity (Wildman–Crippen MR) is 60.8 cm³/mol. The second-order valence-corrected chi connectivity index (χ2v) is 4.81. The van der Waals surface area contributed by atoms with Gasteiger partial charge in [0, 0.05) is 6.04 Å². The van der Waals surface area contributed by atoms with Crippen LogP contribution in [0.25, 0.3) is 0 Å². The first-order chi connectivity index (χ1) is 7.11. The molecule has 1 fully saturated rings. The molecule has 0 saturated heterocycles. The lowest BCUT2D eigenvalue weighted by Crippen LogP contribution is -2.37. The van der Waals surface area contributed by atoms with Crippen LogP contribution < -0.4 is 5.32 Å². The molecule has 1 aliphatic carbocycles. The summed E-state index contributed by atoms with van der Waals surface area (Å²) in [5.74, 6) is -0.130. The molecular weight excluding hydrogens is 190 g/mol. The zero-order valence-corrected chi connectivity index (χ0v) is 9.83. The zero-order chi connectivity index (χ0) is 11.3. The van der Waals surface area contributed by atoms with Gasteiger partial charge in [0.25, 0.3) is 0 Å². The van der Waals surface area contributed by atoms with Crippen LogP contribution in [0.2, 0.25) is 0 Å². The molecule has 2 N–H and O–H groups in total. The highest BCUT2D eigenvalue weighted by molar-refractivity contribution is 5.70. The van der Waals surface area contributed by atoms with E-state index in [4.69, 9.17) is 5.11 Å². The van der Waals surface area contributed by atoms with Gasteiger partial charge in [-0.2, -0.15) is 0 Å². The Kier molecular flexibility index (Phi) is 5.09. The fourth-order valence-corrected chi connectivity index (χ4v) is 2.20. The second-order valence-electron chi connectivity index (χ2n) is 4.81. The fourth-order valence-electron chi connectivity index (χ4n) is 2.20. The summed E-state index contributed by atoms with van der Waals surface area (Å²) < 4.78 is 0. The summed E-state index contributed by atoms with van der Waals surface area (Å²) in [4.78, 5) is 10.7. The molecule has 2 atom stereocenters. The minimum Gasteiger partial charge on any atom is -0.481 e. The number of carboxylic acid groups (broad SMARTS) is 1. The van der Waals surface area contributed by atoms with Crippen LogP contribution in [0, 0.1) is 11.8 Å². The summed E-state index contributed by atoms with van der Waals surface area (Å²) in [5, 5.41) is 12.1. The zero-order valence-electron chi connectivity index (χ0n) is 9.83. The van der Waals surface area contributed by atoms with E-state index in [0.29, 0.717) is 0 Å². The minimum atomic E-state index is -0.712. The smallest absolute Gasteiger partial charge is 0.307 e. The molecule has 1 rings (SSSR count). The maximum Gasteiger partial charge on any atom is 0.307 e. The standard InChI is InChI=1S/C12H23NO2/c1-9(12(14)15)10(2)13-8-7-11-5-3-4-6-11/h9-11,13H,3-8H2,1-2H3,(H,14,15). The van der Waals surface area contributed by atoms with E-state index in [2.05, 4.69) is 5.32 Å². The molecule has 2 unspecified atom stereocenters. The Morgan fingerprint density at radius 3 is 2.53 bits per heavy atom. The molecule has 1 saturated carbocycles. The number of nitrogens with one attached hydrogen (secondary N) is 1. The van der Waals surface area contributed by atoms with Crippen molar-refractivity contribution in [1.82, 2.24) is 5.32 Å². The number of hydrogen-bond donors (Lipinski definition) is 2. The van der Waals surface area contributed by atoms with Crippen molar-refractivity contribution >= 4 is 5.97 Å². The van der Waals surface area contributed by atoms with Gasteiger partial charge in [0.1, 0.15) is 0 Å². The van der Waals surface area contributed by atoms with Crippen molar-refractivity contribution in [1.29, 1.82) is 0 Å². The van der Waals surface area contributed by atoms with Gasteiger partial charge >= 0.3 is 5.97 Å². The molecule has 0 aromatic heterocycles. The molecule has 3 heteroatoms. The van der Waals surface area contributed by atoms with Gasteiger partial charge in [-0.05, 0) is 25.8 Å². The molecule has 88 valence electrons. The monoisotopic (exact) mass is 213 g/mol. The van der Waals surface area contributed by atoms with Gasteiger partial charge in [-0.15, -0.1) is 0 Å². The van der Waals surface area contributed by atoms with Crippen molar-refractivity contribution in [3.63, 3.8) is 0 Å². The maximum atomic E-state index is 10.7. The Bertz CT molecular complexity index is 200. The molecule has 3 nitrogen and oxygen atoms in total. The minimum absolute atomic E-state index is 0.0731. The van der Waals surface area contributed by atoms with Crippen molar-refractivity contribution in [3.05, 3.63) is 0 Å². The lowest BCUT2D eigenvalue weighted by molar-refractivity contribution is -0.141. The van der Waals surface area contributed by atoms with Gasteiger partial charge in [0.05, 0.1) is 5.92 Å². The molecule has 0 amide bonds. The van der Waals surface area contributed by atoms with Crippen LogP contribution in [0.15, 0.2) is 0 Å². The van der Waals surface area contributed by atoms with Crippen molar-refractivity contribution in [2.24, 2.45) is 11.8 Å². The van der Waals surface area contributed by atoms with E-state index >= 15 is 0 Å². The van der Waals surface area contributed by atoms with Crippen molar-refractivity contribution < 1.29 is 9.90 Å². The quantitative estimate of drug-likeness (QED) is 0.711. The van der Waals surface area contributed by atoms with Crippen LogP contribution in [0.4, 0.5) is 0 Å². The van der Waals surface area contributed by atoms with Crippen LogP contribution in [-0.2, 0) is 4.79 Å². The van der Waals surface area contributed by atoms with E-state index < -0.39 is 5.97 Å². The molecule has 0 heterocycles. The average Bonchev–Trinajstić information content (AvgIpc) is 2.69. The van der Waals surface area contributed by atoms with Gasteiger partial charge in [-0.3, -0.25) is 4.79 Å². The average molecular weight is 213 g/mol. The van der Waals surface area contributed by atoms with E-state index in [1.807, 2.05) is 6.92 Å². The van der Waals surface area contributed by atoms with E-state index in [1.165, 1.54) is 32.1 Å². The topological polar surface area (TPSA) is 49.3 Å². The molecule has 15 heavy (non-hydrogen) atoms. The summed E-state index contributed by atoms with van der Waals surface area (Å²) in [7, 11) is 0. The van der Waals surface area contributed by atoms with Gasteiger partial charge in [-0.25, -0.2) is 0 Å². The second kappa shape index (κ2) is 6.11. The predicted octanol–water partition coefficient (Wildman–Crippen LogP) is 2.27. The molecule has 1 aliphatic rings. The largest absolute Gasteiger partial charge is 0.481 e. The number of rotatable bonds is 6. The number of aliphatic carboxylic acids is 1. The summed E-state index contributed by atoms with van der Waals surface area (Å²) in [6, 6.07) is 0.0731. The molecule has 0 spiro atoms. The Morgan fingerprint density at radius 1 is 1.40 bits per heavy atom. The lowest BCUT2D eigenvalue weighted by atomic mass is 10.0. The molecule has 0 aromatic carbocycles. The van der Waals surface area contributed by atoms with Crippen molar-refractivity contribution in [2.75, 3.05) is 6.54 Å². The number of hydrogen-bond acceptors (Lipinski definition) is 2. The van der Waals surface area contributed by atoms with Crippen LogP contribution in [0.1, 0.15) is 46.0 Å². The Balaban J connectivity index is 2.10. The van der Waals surface area contributed by atoms with Crippen LogP contribution in [0.3, 0.4) is 0 Å². The molecule has 0 radical (unpaired) electrons. The first-order valence-corrected chi connectivity index (χ1v) is 6.07. The fraction of sp³-hybridized carbons (Fsp3) is 0.917. The summed E-state index contributed by atoms with van der Waals surface area (Å²) in [5.41, 5.74) is 0. The molecule has 0 aliphatic heterocycles. The Labute approximate surface area is 92.3 Å². The van der Waals surface area contributed by atoms with Gasteiger partial charge in [0.15, 0.2) is 0 Å². The van der Waals surface area contributed by atoms with Gasteiger partial charge < -0.3 is 10.4 Å². The summed E-state index contributed by atoms with van der Waals surface area (Å²) in [6.45, 7) is 4.67. The lowest BCUT2D eigenvalue weighted by Gasteiger charge is -2.18. The van der Waals surface area contributed by atoms with Gasteiger partial charge in [-0.1, -0.05) is 32.6 Å². The highest BCUT2D eigenvalue weighted by Crippen LogP contribution is 2.26. The third-order valence-corrected chi connectivity index (χ3v) is 3.63. The van der Waals surface area contributed by atoms with Crippen molar-refractivity contribution in [2.45, 2.75) is 52.0 Å². The van der Waals surface area contributed by atoms with E-state index in [9.17, 15) is 4.79 Å². The number of carboxylic acids is 1. The van der Waals surface area contributed by atoms with E-state index in [0.717, 1.165) is 12.5 Å². The van der Waals surface area contributed by atoms with Crippen LogP contribution in [-0.4, -0.2) is 23.7 Å². The third-order valence-electron chi connectivity index (χ3n) is 3.63. The highest BCUT2D eigenvalue weighted by atomic mass is 16.4. The van der Waals surface area contributed by atoms with E-state index in [1.54, 1.807) is 6.92 Å². The molecular formula is C12H23NO2. The number of carbonyl (C=O) groups is 1. The first kappa shape index (κ1) is 12.5. The van der Waals surface area contributed by atoms with Crippen LogP contribution >= 0.6 is 0 Å². The highest BCUT2D eigenvalue weighted by Gasteiger charge is 2.19. The van der Waals surface area contributed by atoms with Crippen molar-refractivity contribution in [3.8, 4) is 0 Å². The normalized spacial score (nSPS) is 21.5. The maximum absolute atomic E-state index is 10.7. The molecule has 0 aromatic rings. The Morgan fingerprint density at radius 2 is 2.00 bits per heavy atom. The summed E-state index contributed by atoms with van der Waals surface area (Å²) in [6.07, 6.45) is 6.70.